The second-order valence-electron chi connectivity index (χ2n) is 10.2. The molecule has 5 heterocycles. The van der Waals surface area contributed by atoms with Gasteiger partial charge in [0.25, 0.3) is 0 Å². The van der Waals surface area contributed by atoms with Gasteiger partial charge in [-0.25, -0.2) is 0 Å². The number of aryl methyl sites for hydroxylation is 1. The van der Waals surface area contributed by atoms with E-state index in [4.69, 9.17) is 14.7 Å². The van der Waals surface area contributed by atoms with Crippen molar-refractivity contribution >= 4 is 5.84 Å². The number of allylic oxidation sites excluding steroid dienone is 2. The molecule has 0 saturated carbocycles. The molecule has 6 heteroatoms. The van der Waals surface area contributed by atoms with Crippen molar-refractivity contribution in [3.8, 4) is 0 Å². The van der Waals surface area contributed by atoms with Crippen LogP contribution in [0, 0.1) is 6.92 Å². The lowest BCUT2D eigenvalue weighted by Gasteiger charge is -2.49. The summed E-state index contributed by atoms with van der Waals surface area (Å²) in [7, 11) is 2.31. The predicted octanol–water partition coefficient (Wildman–Crippen LogP) is 3.95. The second-order valence-corrected chi connectivity index (χ2v) is 10.2. The molecule has 4 atom stereocenters. The summed E-state index contributed by atoms with van der Waals surface area (Å²) in [5.74, 6) is 1.13. The monoisotopic (exact) mass is 449 g/mol. The number of fused-ring (bicyclic) bond motifs is 1. The largest absolute Gasteiger partial charge is 0.379 e. The topological polar surface area (TPSA) is 44.2 Å². The van der Waals surface area contributed by atoms with Crippen LogP contribution in [0.1, 0.15) is 56.3 Å². The van der Waals surface area contributed by atoms with Gasteiger partial charge in [-0.05, 0) is 83.3 Å². The fraction of sp³-hybridized carbons (Fsp3) is 0.630. The quantitative estimate of drug-likeness (QED) is 0.658. The first-order valence-electron chi connectivity index (χ1n) is 12.7. The van der Waals surface area contributed by atoms with Crippen LogP contribution >= 0.6 is 0 Å². The van der Waals surface area contributed by atoms with E-state index in [1.165, 1.54) is 36.9 Å². The molecular weight excluding hydrogens is 410 g/mol. The molecular formula is C27H39N5O. The van der Waals surface area contributed by atoms with E-state index in [1.54, 1.807) is 0 Å². The zero-order valence-electron chi connectivity index (χ0n) is 20.5. The third kappa shape index (κ3) is 4.41. The number of hydrogen-bond donors (Lipinski definition) is 0. The molecule has 0 N–H and O–H groups in total. The smallest absolute Gasteiger partial charge is 0.128 e. The molecule has 6 nitrogen and oxygen atoms in total. The maximum atomic E-state index is 5.53. The van der Waals surface area contributed by atoms with Crippen LogP contribution < -0.4 is 0 Å². The number of morpholine rings is 1. The van der Waals surface area contributed by atoms with E-state index in [1.807, 2.05) is 12.3 Å². The van der Waals surface area contributed by atoms with Crippen molar-refractivity contribution in [1.82, 2.24) is 19.7 Å². The minimum absolute atomic E-state index is 0.143. The van der Waals surface area contributed by atoms with Crippen LogP contribution in [0.5, 0.6) is 0 Å². The number of nitrogens with zero attached hydrogens (tertiary/aromatic N) is 5. The zero-order chi connectivity index (χ0) is 22.8. The molecule has 1 aromatic rings. The van der Waals surface area contributed by atoms with Crippen LogP contribution in [0.3, 0.4) is 0 Å². The first-order chi connectivity index (χ1) is 16.1. The summed E-state index contributed by atoms with van der Waals surface area (Å²) in [5, 5.41) is 0. The number of pyridine rings is 1. The fourth-order valence-electron chi connectivity index (χ4n) is 6.48. The van der Waals surface area contributed by atoms with Crippen LogP contribution in [-0.4, -0.2) is 83.0 Å². The Bertz CT molecular complexity index is 921. The number of likely N-dealkylation sites (tertiary alicyclic amines) is 1. The SMILES string of the molecule is Cc1cccnc1[C@@H]1CCC[C@H](C2(C)N=C3C=CC=CN3C2CCCN2CCOCC2)N1C. The Balaban J connectivity index is 1.37. The van der Waals surface area contributed by atoms with Crippen molar-refractivity contribution in [1.29, 1.82) is 0 Å². The van der Waals surface area contributed by atoms with Gasteiger partial charge in [0.2, 0.25) is 0 Å². The Morgan fingerprint density at radius 1 is 1.18 bits per heavy atom. The predicted molar refractivity (Wildman–Crippen MR) is 133 cm³/mol. The van der Waals surface area contributed by atoms with Gasteiger partial charge >= 0.3 is 0 Å². The van der Waals surface area contributed by atoms with Gasteiger partial charge in [0.1, 0.15) is 5.84 Å². The van der Waals surface area contributed by atoms with E-state index >= 15 is 0 Å². The number of aliphatic imine (C=N–C) groups is 1. The third-order valence-electron chi connectivity index (χ3n) is 8.27. The summed E-state index contributed by atoms with van der Waals surface area (Å²) in [5.41, 5.74) is 2.39. The average molecular weight is 450 g/mol. The van der Waals surface area contributed by atoms with Crippen LogP contribution in [0.15, 0.2) is 47.7 Å². The van der Waals surface area contributed by atoms with Gasteiger partial charge in [-0.3, -0.25) is 19.8 Å². The number of ether oxygens (including phenoxy) is 1. The number of piperidine rings is 1. The Morgan fingerprint density at radius 2 is 2.03 bits per heavy atom. The van der Waals surface area contributed by atoms with Gasteiger partial charge < -0.3 is 9.64 Å². The highest BCUT2D eigenvalue weighted by Crippen LogP contribution is 2.44. The van der Waals surface area contributed by atoms with Gasteiger partial charge in [0.15, 0.2) is 0 Å². The molecule has 0 bridgehead atoms. The molecule has 178 valence electrons. The Kier molecular flexibility index (Phi) is 6.68. The van der Waals surface area contributed by atoms with E-state index in [9.17, 15) is 0 Å². The molecule has 2 unspecified atom stereocenters. The van der Waals surface area contributed by atoms with Crippen molar-refractivity contribution in [3.63, 3.8) is 0 Å². The number of hydrogen-bond acceptors (Lipinski definition) is 6. The molecule has 1 aromatic heterocycles. The standard InChI is InChI=1S/C27H39N5O/c1-21-9-7-14-28-26(21)22-10-6-11-23(30(22)3)27(2)24(32-16-5-4-13-25(32)29-27)12-8-15-31-17-19-33-20-18-31/h4-5,7,9,13-14,16,22-24H,6,8,10-12,15,17-20H2,1-3H3/t22-,23+,24?,27?/m0/s1. The molecule has 4 aliphatic rings. The lowest BCUT2D eigenvalue weighted by Crippen LogP contribution is -2.58. The molecule has 0 aliphatic carbocycles. The number of likely N-dealkylation sites (N-methyl/N-ethyl adjacent to an activating group) is 1. The van der Waals surface area contributed by atoms with Gasteiger partial charge in [0.05, 0.1) is 36.5 Å². The molecule has 5 rings (SSSR count). The van der Waals surface area contributed by atoms with Crippen molar-refractivity contribution in [3.05, 3.63) is 54.0 Å². The summed E-state index contributed by atoms with van der Waals surface area (Å²) in [4.78, 5) is 17.8. The second kappa shape index (κ2) is 9.69. The summed E-state index contributed by atoms with van der Waals surface area (Å²) < 4.78 is 5.53. The maximum absolute atomic E-state index is 5.53. The van der Waals surface area contributed by atoms with Crippen molar-refractivity contribution in [2.24, 2.45) is 4.99 Å². The number of aromatic nitrogens is 1. The lowest BCUT2D eigenvalue weighted by atomic mass is 9.76. The van der Waals surface area contributed by atoms with Crippen molar-refractivity contribution in [2.75, 3.05) is 39.9 Å². The van der Waals surface area contributed by atoms with E-state index in [-0.39, 0.29) is 5.54 Å². The molecule has 33 heavy (non-hydrogen) atoms. The molecule has 0 spiro atoms. The average Bonchev–Trinajstić information content (AvgIpc) is 3.13. The Labute approximate surface area is 199 Å². The fourth-order valence-corrected chi connectivity index (χ4v) is 6.48. The molecule has 2 fully saturated rings. The zero-order valence-corrected chi connectivity index (χ0v) is 20.5. The van der Waals surface area contributed by atoms with Crippen LogP contribution in [0.25, 0.3) is 0 Å². The number of rotatable bonds is 6. The first kappa shape index (κ1) is 22.8. The third-order valence-corrected chi connectivity index (χ3v) is 8.27. The highest BCUT2D eigenvalue weighted by molar-refractivity contribution is 5.97. The van der Waals surface area contributed by atoms with Crippen LogP contribution in [0.2, 0.25) is 0 Å². The minimum Gasteiger partial charge on any atom is -0.379 e. The van der Waals surface area contributed by atoms with Gasteiger partial charge in [-0.2, -0.15) is 0 Å². The van der Waals surface area contributed by atoms with Gasteiger partial charge in [-0.1, -0.05) is 12.1 Å². The van der Waals surface area contributed by atoms with Crippen molar-refractivity contribution in [2.45, 2.75) is 69.6 Å². The van der Waals surface area contributed by atoms with Crippen LogP contribution in [-0.2, 0) is 4.74 Å². The molecule has 2 saturated heterocycles. The normalized spacial score (nSPS) is 32.8. The van der Waals surface area contributed by atoms with Gasteiger partial charge in [0, 0.05) is 31.5 Å². The molecule has 0 amide bonds. The minimum atomic E-state index is -0.143. The molecule has 4 aliphatic heterocycles. The summed E-state index contributed by atoms with van der Waals surface area (Å²) >= 11 is 0. The van der Waals surface area contributed by atoms with E-state index in [0.29, 0.717) is 18.1 Å². The molecule has 0 radical (unpaired) electrons. The Morgan fingerprint density at radius 3 is 2.85 bits per heavy atom. The molecule has 0 aromatic carbocycles. The number of amidine groups is 1. The van der Waals surface area contributed by atoms with E-state index in [2.05, 4.69) is 66.1 Å². The van der Waals surface area contributed by atoms with E-state index in [0.717, 1.165) is 45.1 Å². The van der Waals surface area contributed by atoms with Crippen LogP contribution in [0.4, 0.5) is 0 Å². The summed E-state index contributed by atoms with van der Waals surface area (Å²) in [6.07, 6.45) is 16.6. The first-order valence-corrected chi connectivity index (χ1v) is 12.7. The summed E-state index contributed by atoms with van der Waals surface area (Å²) in [6.45, 7) is 9.62. The van der Waals surface area contributed by atoms with Gasteiger partial charge in [-0.15, -0.1) is 0 Å². The van der Waals surface area contributed by atoms with E-state index < -0.39 is 0 Å². The Hall–Kier alpha value is -2.02. The summed E-state index contributed by atoms with van der Waals surface area (Å²) in [6, 6.07) is 5.38. The maximum Gasteiger partial charge on any atom is 0.128 e. The lowest BCUT2D eigenvalue weighted by molar-refractivity contribution is 0.0311. The highest BCUT2D eigenvalue weighted by Gasteiger charge is 2.52. The van der Waals surface area contributed by atoms with Crippen molar-refractivity contribution < 1.29 is 4.74 Å². The highest BCUT2D eigenvalue weighted by atomic mass is 16.5.